The zero-order valence-electron chi connectivity index (χ0n) is 9.01. The van der Waals surface area contributed by atoms with E-state index in [1.807, 2.05) is 31.2 Å². The smallest absolute Gasteiger partial charge is 0.226 e. The molecule has 0 radical (unpaired) electrons. The SMILES string of the molecule is CCc1nc(CSc2ccccc2N)no1. The molecular formula is C11H13N3OS. The minimum atomic E-state index is 0.677. The summed E-state index contributed by atoms with van der Waals surface area (Å²) >= 11 is 1.61. The third-order valence-corrected chi connectivity index (χ3v) is 3.17. The molecule has 1 heterocycles. The van der Waals surface area contributed by atoms with Crippen LogP contribution in [-0.2, 0) is 12.2 Å². The Morgan fingerprint density at radius 2 is 2.19 bits per heavy atom. The van der Waals surface area contributed by atoms with Crippen molar-refractivity contribution < 1.29 is 4.52 Å². The monoisotopic (exact) mass is 235 g/mol. The summed E-state index contributed by atoms with van der Waals surface area (Å²) in [5, 5.41) is 3.88. The molecule has 2 aromatic rings. The molecule has 0 atom stereocenters. The molecule has 0 spiro atoms. The molecule has 0 saturated heterocycles. The van der Waals surface area contributed by atoms with E-state index in [0.29, 0.717) is 17.5 Å². The number of nitrogens with zero attached hydrogens (tertiary/aromatic N) is 2. The molecule has 1 aromatic heterocycles. The molecule has 0 unspecified atom stereocenters. The first-order valence-electron chi connectivity index (χ1n) is 5.08. The number of nitrogens with two attached hydrogens (primary N) is 1. The van der Waals surface area contributed by atoms with Crippen molar-refractivity contribution in [3.8, 4) is 0 Å². The van der Waals surface area contributed by atoms with Crippen molar-refractivity contribution in [2.24, 2.45) is 0 Å². The lowest BCUT2D eigenvalue weighted by atomic mass is 10.3. The molecule has 0 amide bonds. The minimum Gasteiger partial charge on any atom is -0.398 e. The Morgan fingerprint density at radius 1 is 1.38 bits per heavy atom. The van der Waals surface area contributed by atoms with E-state index in [-0.39, 0.29) is 0 Å². The summed E-state index contributed by atoms with van der Waals surface area (Å²) in [6.07, 6.45) is 0.769. The van der Waals surface area contributed by atoms with E-state index in [2.05, 4.69) is 10.1 Å². The molecule has 5 heteroatoms. The van der Waals surface area contributed by atoms with Gasteiger partial charge in [-0.2, -0.15) is 4.98 Å². The van der Waals surface area contributed by atoms with E-state index in [1.54, 1.807) is 11.8 Å². The van der Waals surface area contributed by atoms with Gasteiger partial charge in [0, 0.05) is 17.0 Å². The minimum absolute atomic E-state index is 0.677. The van der Waals surface area contributed by atoms with Gasteiger partial charge in [0.25, 0.3) is 0 Å². The third-order valence-electron chi connectivity index (χ3n) is 2.09. The fourth-order valence-electron chi connectivity index (χ4n) is 1.25. The molecule has 0 aliphatic rings. The highest BCUT2D eigenvalue weighted by Crippen LogP contribution is 2.26. The van der Waals surface area contributed by atoms with E-state index >= 15 is 0 Å². The lowest BCUT2D eigenvalue weighted by molar-refractivity contribution is 0.378. The highest BCUT2D eigenvalue weighted by molar-refractivity contribution is 7.98. The number of rotatable bonds is 4. The van der Waals surface area contributed by atoms with Crippen molar-refractivity contribution in [3.63, 3.8) is 0 Å². The largest absolute Gasteiger partial charge is 0.398 e. The molecule has 2 N–H and O–H groups in total. The number of thioether (sulfide) groups is 1. The maximum absolute atomic E-state index is 5.83. The Kier molecular flexibility index (Phi) is 3.46. The maximum Gasteiger partial charge on any atom is 0.226 e. The highest BCUT2D eigenvalue weighted by Gasteiger charge is 2.06. The van der Waals surface area contributed by atoms with Gasteiger partial charge in [-0.05, 0) is 12.1 Å². The lowest BCUT2D eigenvalue weighted by Crippen LogP contribution is -1.89. The average molecular weight is 235 g/mol. The molecule has 0 bridgehead atoms. The predicted molar refractivity (Wildman–Crippen MR) is 64.1 cm³/mol. The average Bonchev–Trinajstić information content (AvgIpc) is 2.76. The Hall–Kier alpha value is -1.49. The summed E-state index contributed by atoms with van der Waals surface area (Å²) in [6.45, 7) is 1.99. The number of hydrogen-bond acceptors (Lipinski definition) is 5. The molecular weight excluding hydrogens is 222 g/mol. The van der Waals surface area contributed by atoms with Gasteiger partial charge in [0.05, 0.1) is 5.75 Å². The second-order valence-corrected chi connectivity index (χ2v) is 4.30. The summed E-state index contributed by atoms with van der Waals surface area (Å²) in [4.78, 5) is 5.28. The number of aromatic nitrogens is 2. The standard InChI is InChI=1S/C11H13N3OS/c1-2-11-13-10(14-15-11)7-16-9-6-4-3-5-8(9)12/h3-6H,2,7,12H2,1H3. The van der Waals surface area contributed by atoms with Gasteiger partial charge in [-0.25, -0.2) is 0 Å². The van der Waals surface area contributed by atoms with Crippen LogP contribution in [-0.4, -0.2) is 10.1 Å². The fraction of sp³-hybridized carbons (Fsp3) is 0.273. The first-order valence-corrected chi connectivity index (χ1v) is 6.07. The van der Waals surface area contributed by atoms with Gasteiger partial charge in [0.1, 0.15) is 0 Å². The Balaban J connectivity index is 1.99. The normalized spacial score (nSPS) is 10.6. The number of para-hydroxylation sites is 1. The van der Waals surface area contributed by atoms with Crippen LogP contribution in [0.25, 0.3) is 0 Å². The number of hydrogen-bond donors (Lipinski definition) is 1. The van der Waals surface area contributed by atoms with Crippen molar-refractivity contribution in [3.05, 3.63) is 36.0 Å². The quantitative estimate of drug-likeness (QED) is 0.651. The van der Waals surface area contributed by atoms with Crippen molar-refractivity contribution in [2.45, 2.75) is 24.0 Å². The van der Waals surface area contributed by atoms with Crippen LogP contribution in [0.2, 0.25) is 0 Å². The zero-order valence-corrected chi connectivity index (χ0v) is 9.83. The first kappa shape index (κ1) is 11.0. The molecule has 0 fully saturated rings. The van der Waals surface area contributed by atoms with Crippen LogP contribution in [0, 0.1) is 0 Å². The van der Waals surface area contributed by atoms with Crippen molar-refractivity contribution in [2.75, 3.05) is 5.73 Å². The zero-order chi connectivity index (χ0) is 11.4. The Bertz CT molecular complexity index is 470. The van der Waals surface area contributed by atoms with Crippen LogP contribution >= 0.6 is 11.8 Å². The van der Waals surface area contributed by atoms with Gasteiger partial charge in [0.15, 0.2) is 5.82 Å². The number of aryl methyl sites for hydroxylation is 1. The lowest BCUT2D eigenvalue weighted by Gasteiger charge is -2.01. The van der Waals surface area contributed by atoms with Crippen molar-refractivity contribution in [1.29, 1.82) is 0 Å². The van der Waals surface area contributed by atoms with E-state index < -0.39 is 0 Å². The highest BCUT2D eigenvalue weighted by atomic mass is 32.2. The van der Waals surface area contributed by atoms with E-state index in [9.17, 15) is 0 Å². The molecule has 16 heavy (non-hydrogen) atoms. The van der Waals surface area contributed by atoms with Gasteiger partial charge in [0.2, 0.25) is 5.89 Å². The molecule has 0 aliphatic heterocycles. The fourth-order valence-corrected chi connectivity index (χ4v) is 2.06. The molecule has 4 nitrogen and oxygen atoms in total. The number of nitrogen functional groups attached to an aromatic ring is 1. The van der Waals surface area contributed by atoms with Crippen molar-refractivity contribution >= 4 is 17.4 Å². The second-order valence-electron chi connectivity index (χ2n) is 3.28. The topological polar surface area (TPSA) is 64.9 Å². The van der Waals surface area contributed by atoms with Gasteiger partial charge < -0.3 is 10.3 Å². The van der Waals surface area contributed by atoms with Crippen LogP contribution in [0.5, 0.6) is 0 Å². The second kappa shape index (κ2) is 5.03. The van der Waals surface area contributed by atoms with Crippen LogP contribution in [0.4, 0.5) is 5.69 Å². The molecule has 0 aliphatic carbocycles. The maximum atomic E-state index is 5.83. The van der Waals surface area contributed by atoms with E-state index in [0.717, 1.165) is 17.0 Å². The molecule has 2 rings (SSSR count). The molecule has 84 valence electrons. The van der Waals surface area contributed by atoms with Gasteiger partial charge in [-0.15, -0.1) is 11.8 Å². The molecule has 0 saturated carbocycles. The Morgan fingerprint density at radius 3 is 2.88 bits per heavy atom. The third kappa shape index (κ3) is 2.55. The van der Waals surface area contributed by atoms with Gasteiger partial charge in [-0.1, -0.05) is 24.2 Å². The van der Waals surface area contributed by atoms with E-state index in [4.69, 9.17) is 10.3 Å². The molecule has 1 aromatic carbocycles. The van der Waals surface area contributed by atoms with Crippen LogP contribution < -0.4 is 5.73 Å². The summed E-state index contributed by atoms with van der Waals surface area (Å²) in [6, 6.07) is 7.76. The number of benzene rings is 1. The predicted octanol–water partition coefficient (Wildman–Crippen LogP) is 2.51. The summed E-state index contributed by atoms with van der Waals surface area (Å²) in [5.41, 5.74) is 6.61. The summed E-state index contributed by atoms with van der Waals surface area (Å²) < 4.78 is 5.03. The Labute approximate surface area is 98.2 Å². The van der Waals surface area contributed by atoms with Crippen LogP contribution in [0.15, 0.2) is 33.7 Å². The summed E-state index contributed by atoms with van der Waals surface area (Å²) in [5.74, 6) is 2.07. The van der Waals surface area contributed by atoms with Crippen molar-refractivity contribution in [1.82, 2.24) is 10.1 Å². The van der Waals surface area contributed by atoms with Gasteiger partial charge in [-0.3, -0.25) is 0 Å². The van der Waals surface area contributed by atoms with E-state index in [1.165, 1.54) is 0 Å². The first-order chi connectivity index (χ1) is 7.79. The van der Waals surface area contributed by atoms with Gasteiger partial charge >= 0.3 is 0 Å². The van der Waals surface area contributed by atoms with Crippen LogP contribution in [0.3, 0.4) is 0 Å². The van der Waals surface area contributed by atoms with Crippen LogP contribution in [0.1, 0.15) is 18.6 Å². The summed E-state index contributed by atoms with van der Waals surface area (Å²) in [7, 11) is 0. The number of anilines is 1.